The van der Waals surface area contributed by atoms with Crippen LogP contribution in [0.1, 0.15) is 21.9 Å². The van der Waals surface area contributed by atoms with E-state index in [1.54, 1.807) is 18.5 Å². The highest BCUT2D eigenvalue weighted by Crippen LogP contribution is 2.15. The van der Waals surface area contributed by atoms with Gasteiger partial charge in [-0.05, 0) is 37.3 Å². The fourth-order valence-corrected chi connectivity index (χ4v) is 3.27. The molecule has 4 rings (SSSR count). The topological polar surface area (TPSA) is 87.1 Å². The zero-order valence-electron chi connectivity index (χ0n) is 16.3. The molecular weight excluding hydrogens is 366 g/mol. The Hall–Kier alpha value is -3.55. The quantitative estimate of drug-likeness (QED) is 0.715. The molecule has 0 aromatic carbocycles. The first-order valence-electron chi connectivity index (χ1n) is 9.64. The summed E-state index contributed by atoms with van der Waals surface area (Å²) in [6.07, 6.45) is 3.53. The van der Waals surface area contributed by atoms with Gasteiger partial charge in [-0.1, -0.05) is 12.1 Å². The summed E-state index contributed by atoms with van der Waals surface area (Å²) in [6, 6.07) is 13.3. The van der Waals surface area contributed by atoms with Crippen molar-refractivity contribution in [2.45, 2.75) is 13.5 Å². The van der Waals surface area contributed by atoms with Crippen LogP contribution < -0.4 is 10.2 Å². The van der Waals surface area contributed by atoms with Gasteiger partial charge in [-0.3, -0.25) is 9.78 Å². The number of aromatic nitrogens is 4. The van der Waals surface area contributed by atoms with Crippen LogP contribution in [0, 0.1) is 6.92 Å². The summed E-state index contributed by atoms with van der Waals surface area (Å²) in [6.45, 7) is 5.13. The molecule has 3 aromatic heterocycles. The predicted octanol–water partition coefficient (Wildman–Crippen LogP) is 2.15. The highest BCUT2D eigenvalue weighted by Gasteiger charge is 2.24. The van der Waals surface area contributed by atoms with Gasteiger partial charge in [0.25, 0.3) is 5.91 Å². The van der Waals surface area contributed by atoms with Gasteiger partial charge in [-0.2, -0.15) is 0 Å². The lowest BCUT2D eigenvalue weighted by Crippen LogP contribution is -2.49. The zero-order valence-corrected chi connectivity index (χ0v) is 16.3. The van der Waals surface area contributed by atoms with Crippen LogP contribution in [-0.2, 0) is 6.54 Å². The lowest BCUT2D eigenvalue weighted by Gasteiger charge is -2.35. The Bertz CT molecular complexity index is 957. The minimum atomic E-state index is -0.0722. The smallest absolute Gasteiger partial charge is 0.272 e. The minimum Gasteiger partial charge on any atom is -0.353 e. The van der Waals surface area contributed by atoms with Crippen LogP contribution in [0.4, 0.5) is 11.8 Å². The van der Waals surface area contributed by atoms with Gasteiger partial charge >= 0.3 is 0 Å². The molecule has 148 valence electrons. The molecule has 0 atom stereocenters. The number of aryl methyl sites for hydroxylation is 1. The minimum absolute atomic E-state index is 0.0722. The molecule has 29 heavy (non-hydrogen) atoms. The van der Waals surface area contributed by atoms with Crippen LogP contribution in [0.3, 0.4) is 0 Å². The van der Waals surface area contributed by atoms with Crippen LogP contribution in [0.15, 0.2) is 54.9 Å². The Morgan fingerprint density at radius 2 is 1.76 bits per heavy atom. The molecular formula is C21H23N7O. The second kappa shape index (κ2) is 8.64. The first-order chi connectivity index (χ1) is 14.2. The highest BCUT2D eigenvalue weighted by atomic mass is 16.2. The molecule has 1 aliphatic rings. The summed E-state index contributed by atoms with van der Waals surface area (Å²) >= 11 is 0. The van der Waals surface area contributed by atoms with Crippen molar-refractivity contribution < 1.29 is 4.79 Å². The summed E-state index contributed by atoms with van der Waals surface area (Å²) < 4.78 is 0. The third-order valence-corrected chi connectivity index (χ3v) is 4.77. The van der Waals surface area contributed by atoms with Crippen LogP contribution in [0.25, 0.3) is 0 Å². The lowest BCUT2D eigenvalue weighted by atomic mass is 10.2. The molecule has 1 N–H and O–H groups in total. The van der Waals surface area contributed by atoms with Gasteiger partial charge in [0.15, 0.2) is 0 Å². The van der Waals surface area contributed by atoms with Crippen LogP contribution in [0.5, 0.6) is 0 Å². The average molecular weight is 389 g/mol. The third kappa shape index (κ3) is 4.66. The SMILES string of the molecule is Cc1cc(C(=O)N2CCN(c3ccccn3)CC2)nc(NCc2ccccn2)n1. The monoisotopic (exact) mass is 389 g/mol. The molecule has 0 radical (unpaired) electrons. The first kappa shape index (κ1) is 18.8. The number of nitrogens with zero attached hydrogens (tertiary/aromatic N) is 6. The number of hydrogen-bond acceptors (Lipinski definition) is 7. The summed E-state index contributed by atoms with van der Waals surface area (Å²) in [4.78, 5) is 34.5. The predicted molar refractivity (Wildman–Crippen MR) is 111 cm³/mol. The number of amides is 1. The average Bonchev–Trinajstić information content (AvgIpc) is 2.78. The van der Waals surface area contributed by atoms with Crippen molar-refractivity contribution in [3.8, 4) is 0 Å². The molecule has 1 fully saturated rings. The van der Waals surface area contributed by atoms with E-state index in [2.05, 4.69) is 30.2 Å². The molecule has 0 bridgehead atoms. The molecule has 0 saturated carbocycles. The van der Waals surface area contributed by atoms with Crippen LogP contribution in [-0.4, -0.2) is 56.9 Å². The Morgan fingerprint density at radius 1 is 1.00 bits per heavy atom. The maximum Gasteiger partial charge on any atom is 0.272 e. The van der Waals surface area contributed by atoms with E-state index in [1.807, 2.05) is 48.2 Å². The van der Waals surface area contributed by atoms with Crippen molar-refractivity contribution >= 4 is 17.7 Å². The molecule has 0 aliphatic carbocycles. The van der Waals surface area contributed by atoms with Gasteiger partial charge in [-0.25, -0.2) is 15.0 Å². The van der Waals surface area contributed by atoms with Crippen LogP contribution in [0.2, 0.25) is 0 Å². The molecule has 1 saturated heterocycles. The first-order valence-corrected chi connectivity index (χ1v) is 9.64. The summed E-state index contributed by atoms with van der Waals surface area (Å²) in [5.41, 5.74) is 2.04. The third-order valence-electron chi connectivity index (χ3n) is 4.77. The number of carbonyl (C=O) groups excluding carboxylic acids is 1. The Kier molecular flexibility index (Phi) is 5.60. The van der Waals surface area contributed by atoms with Crippen LogP contribution >= 0.6 is 0 Å². The van der Waals surface area contributed by atoms with Crippen molar-refractivity contribution in [1.29, 1.82) is 0 Å². The molecule has 1 aliphatic heterocycles. The van der Waals surface area contributed by atoms with E-state index < -0.39 is 0 Å². The van der Waals surface area contributed by atoms with E-state index >= 15 is 0 Å². The fourth-order valence-electron chi connectivity index (χ4n) is 3.27. The van der Waals surface area contributed by atoms with E-state index in [1.165, 1.54) is 0 Å². The van der Waals surface area contributed by atoms with E-state index in [-0.39, 0.29) is 5.91 Å². The normalized spacial score (nSPS) is 14.0. The number of rotatable bonds is 5. The van der Waals surface area contributed by atoms with Crippen molar-refractivity contribution in [1.82, 2.24) is 24.8 Å². The van der Waals surface area contributed by atoms with Gasteiger partial charge in [0, 0.05) is 44.3 Å². The van der Waals surface area contributed by atoms with Gasteiger partial charge in [-0.15, -0.1) is 0 Å². The summed E-state index contributed by atoms with van der Waals surface area (Å²) in [5, 5.41) is 3.16. The number of carbonyl (C=O) groups is 1. The molecule has 8 heteroatoms. The largest absolute Gasteiger partial charge is 0.353 e. The molecule has 1 amide bonds. The highest BCUT2D eigenvalue weighted by molar-refractivity contribution is 5.92. The maximum absolute atomic E-state index is 13.0. The van der Waals surface area contributed by atoms with E-state index in [4.69, 9.17) is 0 Å². The molecule has 0 unspecified atom stereocenters. The number of pyridine rings is 2. The lowest BCUT2D eigenvalue weighted by molar-refractivity contribution is 0.0740. The second-order valence-electron chi connectivity index (χ2n) is 6.86. The van der Waals surface area contributed by atoms with E-state index in [0.29, 0.717) is 31.3 Å². The molecule has 4 heterocycles. The van der Waals surface area contributed by atoms with Crippen molar-refractivity contribution in [2.24, 2.45) is 0 Å². The van der Waals surface area contributed by atoms with Crippen molar-refractivity contribution in [3.63, 3.8) is 0 Å². The zero-order chi connectivity index (χ0) is 20.1. The van der Waals surface area contributed by atoms with E-state index in [0.717, 1.165) is 30.3 Å². The number of nitrogens with one attached hydrogen (secondary N) is 1. The molecule has 3 aromatic rings. The number of hydrogen-bond donors (Lipinski definition) is 1. The standard InChI is InChI=1S/C21H23N7O/c1-16-14-18(26-21(25-16)24-15-17-6-2-4-8-22-17)20(29)28-12-10-27(11-13-28)19-7-3-5-9-23-19/h2-9,14H,10-13,15H2,1H3,(H,24,25,26). The Labute approximate surface area is 169 Å². The van der Waals surface area contributed by atoms with Gasteiger partial charge in [0.05, 0.1) is 12.2 Å². The number of piperazine rings is 1. The Morgan fingerprint density at radius 3 is 2.45 bits per heavy atom. The Balaban J connectivity index is 1.40. The van der Waals surface area contributed by atoms with Gasteiger partial charge < -0.3 is 15.1 Å². The fraction of sp³-hybridized carbons (Fsp3) is 0.286. The number of anilines is 2. The van der Waals surface area contributed by atoms with Gasteiger partial charge in [0.2, 0.25) is 5.95 Å². The maximum atomic E-state index is 13.0. The molecule has 0 spiro atoms. The van der Waals surface area contributed by atoms with E-state index in [9.17, 15) is 4.79 Å². The van der Waals surface area contributed by atoms with Gasteiger partial charge in [0.1, 0.15) is 11.5 Å². The van der Waals surface area contributed by atoms with Crippen molar-refractivity contribution in [3.05, 3.63) is 71.9 Å². The molecule has 8 nitrogen and oxygen atoms in total. The summed E-state index contributed by atoms with van der Waals surface area (Å²) in [5.74, 6) is 1.31. The second-order valence-corrected chi connectivity index (χ2v) is 6.86. The van der Waals surface area contributed by atoms with Crippen molar-refractivity contribution in [2.75, 3.05) is 36.4 Å². The summed E-state index contributed by atoms with van der Waals surface area (Å²) in [7, 11) is 0.